The second-order valence-electron chi connectivity index (χ2n) is 2.74. The van der Waals surface area contributed by atoms with Crippen LogP contribution in [-0.4, -0.2) is 13.7 Å². The number of hydrogen-bond donors (Lipinski definition) is 0. The molecule has 9 heavy (non-hydrogen) atoms. The molecule has 0 aromatic carbocycles. The summed E-state index contributed by atoms with van der Waals surface area (Å²) in [7, 11) is 1.76. The normalized spacial score (nSPS) is 21.0. The third-order valence-electron chi connectivity index (χ3n) is 2.00. The molecule has 1 nitrogen and oxygen atoms in total. The molecule has 0 saturated heterocycles. The maximum absolute atomic E-state index is 4.95. The summed E-state index contributed by atoms with van der Waals surface area (Å²) >= 11 is 0. The first-order valence-corrected chi connectivity index (χ1v) is 3.76. The van der Waals surface area contributed by atoms with Gasteiger partial charge < -0.3 is 4.74 Å². The van der Waals surface area contributed by atoms with Crippen molar-refractivity contribution >= 4 is 0 Å². The Morgan fingerprint density at radius 1 is 1.44 bits per heavy atom. The molecule has 0 aliphatic heterocycles. The van der Waals surface area contributed by atoms with Crippen molar-refractivity contribution in [1.29, 1.82) is 0 Å². The van der Waals surface area contributed by atoms with Gasteiger partial charge in [0.25, 0.3) is 0 Å². The van der Waals surface area contributed by atoms with Crippen LogP contribution in [0.25, 0.3) is 0 Å². The Morgan fingerprint density at radius 2 is 2.11 bits per heavy atom. The van der Waals surface area contributed by atoms with Crippen LogP contribution in [-0.2, 0) is 4.74 Å². The van der Waals surface area contributed by atoms with E-state index < -0.39 is 0 Å². The quantitative estimate of drug-likeness (QED) is 0.563. The highest BCUT2D eigenvalue weighted by atomic mass is 16.5. The van der Waals surface area contributed by atoms with E-state index in [0.29, 0.717) is 0 Å². The van der Waals surface area contributed by atoms with E-state index in [1.807, 2.05) is 0 Å². The van der Waals surface area contributed by atoms with Crippen molar-refractivity contribution < 1.29 is 4.74 Å². The Hall–Kier alpha value is -0.0400. The number of rotatable bonds is 3. The molecule has 1 saturated carbocycles. The molecule has 0 unspecified atom stereocenters. The van der Waals surface area contributed by atoms with Gasteiger partial charge >= 0.3 is 0 Å². The molecule has 1 rings (SSSR count). The average molecular weight is 127 g/mol. The fourth-order valence-corrected chi connectivity index (χ4v) is 1.43. The van der Waals surface area contributed by atoms with Crippen LogP contribution in [0.5, 0.6) is 0 Å². The van der Waals surface area contributed by atoms with E-state index in [1.165, 1.54) is 25.7 Å². The number of methoxy groups -OCH3 is 1. The molecule has 1 fully saturated rings. The minimum absolute atomic E-state index is 0.838. The number of hydrogen-bond acceptors (Lipinski definition) is 1. The van der Waals surface area contributed by atoms with Crippen LogP contribution >= 0.6 is 0 Å². The smallest absolute Gasteiger partial charge is 0.0496 e. The van der Waals surface area contributed by atoms with E-state index in [1.54, 1.807) is 7.11 Å². The first kappa shape index (κ1) is 7.07. The van der Waals surface area contributed by atoms with Gasteiger partial charge in [0, 0.05) is 13.7 Å². The maximum Gasteiger partial charge on any atom is 0.0496 e. The van der Waals surface area contributed by atoms with Gasteiger partial charge in [-0.1, -0.05) is 25.7 Å². The van der Waals surface area contributed by atoms with Crippen molar-refractivity contribution in [3.05, 3.63) is 6.42 Å². The second kappa shape index (κ2) is 3.89. The van der Waals surface area contributed by atoms with Crippen LogP contribution in [0.2, 0.25) is 0 Å². The molecule has 1 radical (unpaired) electrons. The highest BCUT2D eigenvalue weighted by molar-refractivity contribution is 4.79. The molecular weight excluding hydrogens is 112 g/mol. The Labute approximate surface area is 57.4 Å². The molecule has 0 amide bonds. The molecular formula is C8H15O. The van der Waals surface area contributed by atoms with Gasteiger partial charge in [0.05, 0.1) is 0 Å². The molecule has 1 aliphatic carbocycles. The third-order valence-corrected chi connectivity index (χ3v) is 2.00. The molecule has 0 spiro atoms. The topological polar surface area (TPSA) is 9.23 Å². The Kier molecular flexibility index (Phi) is 3.05. The zero-order valence-electron chi connectivity index (χ0n) is 6.10. The molecule has 53 valence electrons. The summed E-state index contributed by atoms with van der Waals surface area (Å²) in [6.07, 6.45) is 7.93. The molecule has 0 atom stereocenters. The molecule has 0 N–H and O–H groups in total. The maximum atomic E-state index is 4.95. The van der Waals surface area contributed by atoms with Gasteiger partial charge in [-0.2, -0.15) is 0 Å². The first-order chi connectivity index (χ1) is 4.43. The summed E-state index contributed by atoms with van der Waals surface area (Å²) in [4.78, 5) is 0. The monoisotopic (exact) mass is 127 g/mol. The summed E-state index contributed by atoms with van der Waals surface area (Å²) < 4.78 is 4.95. The lowest BCUT2D eigenvalue weighted by Crippen LogP contribution is -1.99. The minimum atomic E-state index is 0.838. The standard InChI is InChI=1S/C8H15O/c1-9-7-6-8-4-2-3-5-8/h6,8H,2-5,7H2,1H3. The largest absolute Gasteiger partial charge is 0.384 e. The molecule has 0 aromatic rings. The summed E-state index contributed by atoms with van der Waals surface area (Å²) in [5, 5.41) is 0. The van der Waals surface area contributed by atoms with E-state index in [-0.39, 0.29) is 0 Å². The predicted octanol–water partition coefficient (Wildman–Crippen LogP) is 2.03. The first-order valence-electron chi connectivity index (χ1n) is 3.76. The van der Waals surface area contributed by atoms with Crippen LogP contribution in [0.15, 0.2) is 0 Å². The van der Waals surface area contributed by atoms with E-state index in [0.717, 1.165) is 12.5 Å². The summed E-state index contributed by atoms with van der Waals surface area (Å²) in [6, 6.07) is 0. The van der Waals surface area contributed by atoms with E-state index >= 15 is 0 Å². The second-order valence-corrected chi connectivity index (χ2v) is 2.74. The van der Waals surface area contributed by atoms with Crippen molar-refractivity contribution in [3.63, 3.8) is 0 Å². The van der Waals surface area contributed by atoms with Crippen LogP contribution in [0.4, 0.5) is 0 Å². The summed E-state index contributed by atoms with van der Waals surface area (Å²) in [6.45, 7) is 0.838. The lowest BCUT2D eigenvalue weighted by atomic mass is 10.1. The fraction of sp³-hybridized carbons (Fsp3) is 0.875. The molecule has 1 heteroatoms. The van der Waals surface area contributed by atoms with E-state index in [2.05, 4.69) is 6.42 Å². The molecule has 0 bridgehead atoms. The van der Waals surface area contributed by atoms with Crippen molar-refractivity contribution in [2.45, 2.75) is 25.7 Å². The van der Waals surface area contributed by atoms with Crippen molar-refractivity contribution in [1.82, 2.24) is 0 Å². The Morgan fingerprint density at radius 3 is 2.67 bits per heavy atom. The SMILES string of the molecule is COC[CH]C1CCCC1. The summed E-state index contributed by atoms with van der Waals surface area (Å²) in [5.41, 5.74) is 0. The van der Waals surface area contributed by atoms with Gasteiger partial charge in [0.2, 0.25) is 0 Å². The highest BCUT2D eigenvalue weighted by Gasteiger charge is 2.13. The highest BCUT2D eigenvalue weighted by Crippen LogP contribution is 2.26. The van der Waals surface area contributed by atoms with Crippen LogP contribution < -0.4 is 0 Å². The molecule has 0 heterocycles. The number of ether oxygens (including phenoxy) is 1. The third kappa shape index (κ3) is 2.35. The van der Waals surface area contributed by atoms with Crippen molar-refractivity contribution in [2.75, 3.05) is 13.7 Å². The van der Waals surface area contributed by atoms with Gasteiger partial charge in [0.15, 0.2) is 0 Å². The average Bonchev–Trinajstić information content (AvgIpc) is 2.34. The Balaban J connectivity index is 1.98. The van der Waals surface area contributed by atoms with Gasteiger partial charge in [-0.05, 0) is 12.3 Å². The van der Waals surface area contributed by atoms with Crippen LogP contribution in [0.3, 0.4) is 0 Å². The summed E-state index contributed by atoms with van der Waals surface area (Å²) in [5.74, 6) is 0.866. The molecule has 1 aliphatic rings. The van der Waals surface area contributed by atoms with E-state index in [4.69, 9.17) is 4.74 Å². The lowest BCUT2D eigenvalue weighted by molar-refractivity contribution is 0.213. The van der Waals surface area contributed by atoms with Gasteiger partial charge in [0.1, 0.15) is 0 Å². The zero-order chi connectivity index (χ0) is 6.53. The lowest BCUT2D eigenvalue weighted by Gasteiger charge is -2.05. The minimum Gasteiger partial charge on any atom is -0.384 e. The van der Waals surface area contributed by atoms with Crippen molar-refractivity contribution in [3.8, 4) is 0 Å². The Bertz CT molecular complexity index is 65.0. The molecule has 0 aromatic heterocycles. The van der Waals surface area contributed by atoms with Crippen LogP contribution in [0, 0.1) is 12.3 Å². The van der Waals surface area contributed by atoms with Crippen LogP contribution in [0.1, 0.15) is 25.7 Å². The zero-order valence-corrected chi connectivity index (χ0v) is 6.10. The van der Waals surface area contributed by atoms with Gasteiger partial charge in [-0.3, -0.25) is 0 Å². The van der Waals surface area contributed by atoms with Gasteiger partial charge in [-0.15, -0.1) is 0 Å². The van der Waals surface area contributed by atoms with E-state index in [9.17, 15) is 0 Å². The van der Waals surface area contributed by atoms with Crippen molar-refractivity contribution in [2.24, 2.45) is 5.92 Å². The van der Waals surface area contributed by atoms with Gasteiger partial charge in [-0.25, -0.2) is 0 Å². The predicted molar refractivity (Wildman–Crippen MR) is 38.1 cm³/mol. The fourth-order valence-electron chi connectivity index (χ4n) is 1.43.